The van der Waals surface area contributed by atoms with Gasteiger partial charge in [-0.15, -0.1) is 0 Å². The number of carbonyl (C=O) groups is 1. The Morgan fingerprint density at radius 1 is 1.41 bits per heavy atom. The van der Waals surface area contributed by atoms with Crippen LogP contribution in [0.1, 0.15) is 46.0 Å². The van der Waals surface area contributed by atoms with Crippen molar-refractivity contribution in [2.75, 3.05) is 13.6 Å². The van der Waals surface area contributed by atoms with E-state index in [4.69, 9.17) is 0 Å². The molecule has 0 aromatic heterocycles. The SMILES string of the molecule is CNC(=O)C(C)N1CCCCCC1CC(C)O. The van der Waals surface area contributed by atoms with Crippen LogP contribution < -0.4 is 5.32 Å². The lowest BCUT2D eigenvalue weighted by atomic mass is 10.0. The zero-order valence-corrected chi connectivity index (χ0v) is 11.3. The second-order valence-corrected chi connectivity index (χ2v) is 5.12. The van der Waals surface area contributed by atoms with Crippen LogP contribution in [-0.2, 0) is 4.79 Å². The normalized spacial score (nSPS) is 26.0. The first-order valence-electron chi connectivity index (χ1n) is 6.71. The van der Waals surface area contributed by atoms with Gasteiger partial charge in [-0.25, -0.2) is 0 Å². The van der Waals surface area contributed by atoms with Crippen molar-refractivity contribution in [2.24, 2.45) is 0 Å². The molecular formula is C13H26N2O2. The zero-order valence-electron chi connectivity index (χ0n) is 11.3. The number of hydrogen-bond acceptors (Lipinski definition) is 3. The van der Waals surface area contributed by atoms with Crippen molar-refractivity contribution in [3.63, 3.8) is 0 Å². The topological polar surface area (TPSA) is 52.6 Å². The van der Waals surface area contributed by atoms with Gasteiger partial charge in [0.25, 0.3) is 0 Å². The predicted octanol–water partition coefficient (Wildman–Crippen LogP) is 1.14. The van der Waals surface area contributed by atoms with Gasteiger partial charge >= 0.3 is 0 Å². The van der Waals surface area contributed by atoms with Gasteiger partial charge in [0, 0.05) is 13.1 Å². The molecule has 1 heterocycles. The maximum Gasteiger partial charge on any atom is 0.236 e. The van der Waals surface area contributed by atoms with E-state index in [0.717, 1.165) is 25.8 Å². The smallest absolute Gasteiger partial charge is 0.236 e. The van der Waals surface area contributed by atoms with Gasteiger partial charge in [-0.3, -0.25) is 9.69 Å². The zero-order chi connectivity index (χ0) is 12.8. The molecule has 3 atom stereocenters. The van der Waals surface area contributed by atoms with Gasteiger partial charge < -0.3 is 10.4 Å². The van der Waals surface area contributed by atoms with E-state index in [1.807, 2.05) is 13.8 Å². The molecule has 1 aliphatic heterocycles. The Labute approximate surface area is 104 Å². The second-order valence-electron chi connectivity index (χ2n) is 5.12. The standard InChI is InChI=1S/C13H26N2O2/c1-10(16)9-12-7-5-4-6-8-15(12)11(2)13(17)14-3/h10-12,16H,4-9H2,1-3H3,(H,14,17). The number of hydrogen-bond donors (Lipinski definition) is 2. The van der Waals surface area contributed by atoms with Gasteiger partial charge in [0.15, 0.2) is 0 Å². The summed E-state index contributed by atoms with van der Waals surface area (Å²) in [4.78, 5) is 14.0. The molecule has 0 aromatic carbocycles. The van der Waals surface area contributed by atoms with Gasteiger partial charge in [0.1, 0.15) is 0 Å². The van der Waals surface area contributed by atoms with Crippen LogP contribution in [0.3, 0.4) is 0 Å². The number of aliphatic hydroxyl groups excluding tert-OH is 1. The molecule has 0 bridgehead atoms. The molecule has 1 rings (SSSR count). The third kappa shape index (κ3) is 4.28. The number of carbonyl (C=O) groups excluding carboxylic acids is 1. The maximum absolute atomic E-state index is 11.7. The van der Waals surface area contributed by atoms with Crippen molar-refractivity contribution in [1.82, 2.24) is 10.2 Å². The summed E-state index contributed by atoms with van der Waals surface area (Å²) >= 11 is 0. The van der Waals surface area contributed by atoms with Crippen molar-refractivity contribution in [3.8, 4) is 0 Å². The summed E-state index contributed by atoms with van der Waals surface area (Å²) in [6.45, 7) is 4.75. The first-order chi connectivity index (χ1) is 8.06. The van der Waals surface area contributed by atoms with Gasteiger partial charge in [-0.2, -0.15) is 0 Å². The molecule has 0 saturated carbocycles. The average molecular weight is 242 g/mol. The van der Waals surface area contributed by atoms with E-state index in [1.54, 1.807) is 7.05 Å². The Kier molecular flexibility index (Phi) is 5.92. The van der Waals surface area contributed by atoms with Crippen LogP contribution in [0.25, 0.3) is 0 Å². The van der Waals surface area contributed by atoms with Crippen LogP contribution in [0.5, 0.6) is 0 Å². The van der Waals surface area contributed by atoms with E-state index >= 15 is 0 Å². The minimum absolute atomic E-state index is 0.0718. The lowest BCUT2D eigenvalue weighted by molar-refractivity contribution is -0.126. The average Bonchev–Trinajstić information content (AvgIpc) is 2.51. The maximum atomic E-state index is 11.7. The molecule has 0 radical (unpaired) electrons. The third-order valence-corrected chi connectivity index (χ3v) is 3.66. The molecule has 4 nitrogen and oxygen atoms in total. The fraction of sp³-hybridized carbons (Fsp3) is 0.923. The molecule has 0 aliphatic carbocycles. The van der Waals surface area contributed by atoms with Crippen LogP contribution in [0.15, 0.2) is 0 Å². The fourth-order valence-electron chi connectivity index (χ4n) is 2.72. The number of nitrogens with one attached hydrogen (secondary N) is 1. The van der Waals surface area contributed by atoms with Crippen molar-refractivity contribution in [3.05, 3.63) is 0 Å². The Hall–Kier alpha value is -0.610. The lowest BCUT2D eigenvalue weighted by Crippen LogP contribution is -2.49. The molecule has 3 unspecified atom stereocenters. The van der Waals surface area contributed by atoms with Gasteiger partial charge in [0.2, 0.25) is 5.91 Å². The molecule has 17 heavy (non-hydrogen) atoms. The highest BCUT2D eigenvalue weighted by Gasteiger charge is 2.29. The molecule has 100 valence electrons. The first-order valence-corrected chi connectivity index (χ1v) is 6.71. The van der Waals surface area contributed by atoms with Gasteiger partial charge in [0.05, 0.1) is 12.1 Å². The molecule has 0 spiro atoms. The molecule has 1 saturated heterocycles. The minimum Gasteiger partial charge on any atom is -0.393 e. The van der Waals surface area contributed by atoms with E-state index in [1.165, 1.54) is 12.8 Å². The van der Waals surface area contributed by atoms with Crippen LogP contribution in [0.4, 0.5) is 0 Å². The Balaban J connectivity index is 2.70. The number of rotatable bonds is 4. The van der Waals surface area contributed by atoms with Crippen molar-refractivity contribution in [1.29, 1.82) is 0 Å². The fourth-order valence-corrected chi connectivity index (χ4v) is 2.72. The second kappa shape index (κ2) is 6.97. The molecule has 1 fully saturated rings. The number of nitrogens with zero attached hydrogens (tertiary/aromatic N) is 1. The highest BCUT2D eigenvalue weighted by Crippen LogP contribution is 2.22. The minimum atomic E-state index is -0.294. The predicted molar refractivity (Wildman–Crippen MR) is 68.8 cm³/mol. The van der Waals surface area contributed by atoms with E-state index < -0.39 is 0 Å². The van der Waals surface area contributed by atoms with Crippen molar-refractivity contribution < 1.29 is 9.90 Å². The molecule has 1 amide bonds. The third-order valence-electron chi connectivity index (χ3n) is 3.66. The van der Waals surface area contributed by atoms with E-state index in [-0.39, 0.29) is 18.1 Å². The number of likely N-dealkylation sites (tertiary alicyclic amines) is 1. The Morgan fingerprint density at radius 3 is 2.71 bits per heavy atom. The van der Waals surface area contributed by atoms with E-state index in [2.05, 4.69) is 10.2 Å². The number of amides is 1. The summed E-state index contributed by atoms with van der Waals surface area (Å²) in [6, 6.07) is 0.242. The lowest BCUT2D eigenvalue weighted by Gasteiger charge is -2.34. The monoisotopic (exact) mass is 242 g/mol. The van der Waals surface area contributed by atoms with Crippen LogP contribution in [0, 0.1) is 0 Å². The number of likely N-dealkylation sites (N-methyl/N-ethyl adjacent to an activating group) is 1. The van der Waals surface area contributed by atoms with Crippen molar-refractivity contribution in [2.45, 2.75) is 64.1 Å². The first kappa shape index (κ1) is 14.5. The summed E-state index contributed by atoms with van der Waals surface area (Å²) in [5.41, 5.74) is 0. The van der Waals surface area contributed by atoms with Gasteiger partial charge in [-0.1, -0.05) is 12.8 Å². The van der Waals surface area contributed by atoms with Crippen molar-refractivity contribution >= 4 is 5.91 Å². The Morgan fingerprint density at radius 2 is 2.12 bits per heavy atom. The highest BCUT2D eigenvalue weighted by molar-refractivity contribution is 5.81. The largest absolute Gasteiger partial charge is 0.393 e. The molecule has 4 heteroatoms. The van der Waals surface area contributed by atoms with E-state index in [0.29, 0.717) is 6.04 Å². The van der Waals surface area contributed by atoms with Gasteiger partial charge in [-0.05, 0) is 39.7 Å². The van der Waals surface area contributed by atoms with Crippen LogP contribution in [-0.4, -0.2) is 47.7 Å². The summed E-state index contributed by atoms with van der Waals surface area (Å²) in [5.74, 6) is 0.0718. The number of aliphatic hydroxyl groups is 1. The summed E-state index contributed by atoms with van der Waals surface area (Å²) < 4.78 is 0. The summed E-state index contributed by atoms with van der Waals surface area (Å²) in [6.07, 6.45) is 5.14. The Bertz CT molecular complexity index is 244. The van der Waals surface area contributed by atoms with E-state index in [9.17, 15) is 9.90 Å². The molecule has 2 N–H and O–H groups in total. The molecule has 1 aliphatic rings. The summed E-state index contributed by atoms with van der Waals surface area (Å²) in [7, 11) is 1.68. The molecular weight excluding hydrogens is 216 g/mol. The van der Waals surface area contributed by atoms with Crippen LogP contribution >= 0.6 is 0 Å². The quantitative estimate of drug-likeness (QED) is 0.777. The highest BCUT2D eigenvalue weighted by atomic mass is 16.3. The van der Waals surface area contributed by atoms with Crippen LogP contribution in [0.2, 0.25) is 0 Å². The summed E-state index contributed by atoms with van der Waals surface area (Å²) in [5, 5.41) is 12.3. The molecule has 0 aromatic rings.